The lowest BCUT2D eigenvalue weighted by Crippen LogP contribution is -2.23. The van der Waals surface area contributed by atoms with E-state index in [-0.39, 0.29) is 12.4 Å². The van der Waals surface area contributed by atoms with Gasteiger partial charge in [0.1, 0.15) is 5.75 Å². The van der Waals surface area contributed by atoms with Crippen molar-refractivity contribution in [2.75, 3.05) is 13.7 Å². The van der Waals surface area contributed by atoms with Crippen molar-refractivity contribution in [3.05, 3.63) is 59.8 Å². The number of halogens is 3. The maximum atomic E-state index is 12.3. The number of nitrogens with zero attached hydrogens (tertiary/aromatic N) is 1. The lowest BCUT2D eigenvalue weighted by molar-refractivity contribution is -0.154. The number of carbonyl (C=O) groups is 1. The van der Waals surface area contributed by atoms with Gasteiger partial charge in [-0.2, -0.15) is 13.2 Å². The molecule has 2 aromatic rings. The number of alkyl halides is 3. The first-order valence-corrected chi connectivity index (χ1v) is 7.61. The molecule has 1 aromatic heterocycles. The number of hydrogen-bond donors (Lipinski definition) is 1. The Morgan fingerprint density at radius 3 is 2.73 bits per heavy atom. The highest BCUT2D eigenvalue weighted by molar-refractivity contribution is 5.92. The molecule has 0 saturated heterocycles. The first-order valence-electron chi connectivity index (χ1n) is 7.61. The van der Waals surface area contributed by atoms with Crippen molar-refractivity contribution >= 4 is 12.0 Å². The van der Waals surface area contributed by atoms with Crippen LogP contribution in [0.1, 0.15) is 11.1 Å². The fourth-order valence-electron chi connectivity index (χ4n) is 2.05. The Kier molecular flexibility index (Phi) is 6.60. The molecule has 0 saturated carbocycles. The van der Waals surface area contributed by atoms with Gasteiger partial charge in [-0.1, -0.05) is 24.3 Å². The zero-order chi connectivity index (χ0) is 19.0. The minimum atomic E-state index is -4.46. The second-order valence-electron chi connectivity index (χ2n) is 5.16. The highest BCUT2D eigenvalue weighted by Gasteiger charge is 2.29. The Bertz CT molecular complexity index is 776. The molecule has 1 aromatic carbocycles. The third-order valence-corrected chi connectivity index (χ3v) is 3.23. The zero-order valence-corrected chi connectivity index (χ0v) is 13.9. The van der Waals surface area contributed by atoms with Crippen LogP contribution in [0, 0.1) is 0 Å². The van der Waals surface area contributed by atoms with Gasteiger partial charge < -0.3 is 14.8 Å². The largest absolute Gasteiger partial charge is 0.496 e. The van der Waals surface area contributed by atoms with Gasteiger partial charge in [-0.3, -0.25) is 4.79 Å². The molecule has 138 valence electrons. The van der Waals surface area contributed by atoms with E-state index in [0.29, 0.717) is 11.3 Å². The van der Waals surface area contributed by atoms with E-state index < -0.39 is 18.7 Å². The number of rotatable bonds is 7. The maximum absolute atomic E-state index is 12.3. The van der Waals surface area contributed by atoms with Crippen molar-refractivity contribution in [2.24, 2.45) is 0 Å². The van der Waals surface area contributed by atoms with Crippen LogP contribution in [0.15, 0.2) is 48.7 Å². The van der Waals surface area contributed by atoms with E-state index in [1.54, 1.807) is 36.4 Å². The molecule has 0 aliphatic heterocycles. The lowest BCUT2D eigenvalue weighted by atomic mass is 10.2. The molecule has 0 radical (unpaired) electrons. The normalized spacial score (nSPS) is 11.4. The van der Waals surface area contributed by atoms with Crippen LogP contribution in [-0.2, 0) is 11.3 Å². The molecule has 8 heteroatoms. The number of para-hydroxylation sites is 1. The maximum Gasteiger partial charge on any atom is 0.422 e. The summed E-state index contributed by atoms with van der Waals surface area (Å²) in [4.78, 5) is 15.7. The van der Waals surface area contributed by atoms with E-state index in [9.17, 15) is 18.0 Å². The highest BCUT2D eigenvalue weighted by atomic mass is 19.4. The fraction of sp³-hybridized carbons (Fsp3) is 0.222. The lowest BCUT2D eigenvalue weighted by Gasteiger charge is -2.12. The number of benzene rings is 1. The van der Waals surface area contributed by atoms with E-state index in [4.69, 9.17) is 4.74 Å². The molecule has 0 bridgehead atoms. The van der Waals surface area contributed by atoms with Gasteiger partial charge >= 0.3 is 6.18 Å². The second kappa shape index (κ2) is 8.89. The summed E-state index contributed by atoms with van der Waals surface area (Å²) < 4.78 is 46.7. The van der Waals surface area contributed by atoms with Gasteiger partial charge in [0.2, 0.25) is 11.8 Å². The van der Waals surface area contributed by atoms with Crippen LogP contribution in [-0.4, -0.2) is 30.8 Å². The van der Waals surface area contributed by atoms with Crippen LogP contribution in [0.3, 0.4) is 0 Å². The molecule has 1 N–H and O–H groups in total. The van der Waals surface area contributed by atoms with Gasteiger partial charge in [0.25, 0.3) is 0 Å². The van der Waals surface area contributed by atoms with Crippen molar-refractivity contribution < 1.29 is 27.4 Å². The molecule has 0 unspecified atom stereocenters. The van der Waals surface area contributed by atoms with Gasteiger partial charge in [0, 0.05) is 29.9 Å². The summed E-state index contributed by atoms with van der Waals surface area (Å²) in [6, 6.07) is 10.2. The van der Waals surface area contributed by atoms with Gasteiger partial charge in [-0.05, 0) is 18.2 Å². The van der Waals surface area contributed by atoms with Crippen molar-refractivity contribution in [1.82, 2.24) is 10.3 Å². The fourth-order valence-corrected chi connectivity index (χ4v) is 2.05. The monoisotopic (exact) mass is 366 g/mol. The van der Waals surface area contributed by atoms with Crippen molar-refractivity contribution in [2.45, 2.75) is 12.7 Å². The van der Waals surface area contributed by atoms with Crippen LogP contribution < -0.4 is 14.8 Å². The molecular weight excluding hydrogens is 349 g/mol. The quantitative estimate of drug-likeness (QED) is 0.764. The molecule has 0 atom stereocenters. The third kappa shape index (κ3) is 6.12. The average Bonchev–Trinajstić information content (AvgIpc) is 2.63. The summed E-state index contributed by atoms with van der Waals surface area (Å²) >= 11 is 0. The first kappa shape index (κ1) is 19.3. The number of ether oxygens (including phenoxy) is 2. The molecule has 1 amide bonds. The molecule has 1 heterocycles. The second-order valence-corrected chi connectivity index (χ2v) is 5.16. The Morgan fingerprint density at radius 1 is 1.23 bits per heavy atom. The number of amides is 1. The number of methoxy groups -OCH3 is 1. The summed E-state index contributed by atoms with van der Waals surface area (Å²) in [5, 5.41) is 2.58. The topological polar surface area (TPSA) is 60.5 Å². The Morgan fingerprint density at radius 2 is 2.00 bits per heavy atom. The number of hydrogen-bond acceptors (Lipinski definition) is 4. The van der Waals surface area contributed by atoms with Gasteiger partial charge in [-0.15, -0.1) is 0 Å². The molecule has 5 nitrogen and oxygen atoms in total. The molecule has 0 fully saturated rings. The van der Waals surface area contributed by atoms with Gasteiger partial charge in [0.05, 0.1) is 7.11 Å². The van der Waals surface area contributed by atoms with Crippen molar-refractivity contribution in [1.29, 1.82) is 0 Å². The van der Waals surface area contributed by atoms with Crippen LogP contribution in [0.4, 0.5) is 13.2 Å². The molecule has 2 rings (SSSR count). The van der Waals surface area contributed by atoms with E-state index in [1.165, 1.54) is 25.4 Å². The zero-order valence-electron chi connectivity index (χ0n) is 13.9. The minimum Gasteiger partial charge on any atom is -0.496 e. The van der Waals surface area contributed by atoms with Gasteiger partial charge in [-0.25, -0.2) is 4.98 Å². The van der Waals surface area contributed by atoms with E-state index in [2.05, 4.69) is 15.0 Å². The van der Waals surface area contributed by atoms with Crippen LogP contribution in [0.2, 0.25) is 0 Å². The first-order chi connectivity index (χ1) is 12.4. The van der Waals surface area contributed by atoms with E-state index in [0.717, 1.165) is 5.56 Å². The SMILES string of the molecule is COc1ccccc1/C=C/C(=O)NCc1cccnc1OCC(F)(F)F. The molecule has 0 aliphatic rings. The Labute approximate surface area is 148 Å². The minimum absolute atomic E-state index is 0.0177. The molecular formula is C18H17F3N2O3. The Hall–Kier alpha value is -3.03. The summed E-state index contributed by atoms with van der Waals surface area (Å²) in [5.74, 6) is 0.0343. The summed E-state index contributed by atoms with van der Waals surface area (Å²) in [6.07, 6.45) is -0.253. The predicted octanol–water partition coefficient (Wildman–Crippen LogP) is 3.36. The van der Waals surface area contributed by atoms with Crippen LogP contribution in [0.5, 0.6) is 11.6 Å². The number of aromatic nitrogens is 1. The summed E-state index contributed by atoms with van der Waals surface area (Å²) in [7, 11) is 1.53. The van der Waals surface area contributed by atoms with Crippen molar-refractivity contribution in [3.8, 4) is 11.6 Å². The van der Waals surface area contributed by atoms with E-state index >= 15 is 0 Å². The Balaban J connectivity index is 1.96. The van der Waals surface area contributed by atoms with Crippen molar-refractivity contribution in [3.63, 3.8) is 0 Å². The number of nitrogens with one attached hydrogen (secondary N) is 1. The van der Waals surface area contributed by atoms with Crippen LogP contribution >= 0.6 is 0 Å². The van der Waals surface area contributed by atoms with E-state index in [1.807, 2.05) is 0 Å². The van der Waals surface area contributed by atoms with Gasteiger partial charge in [0.15, 0.2) is 6.61 Å². The summed E-state index contributed by atoms with van der Waals surface area (Å²) in [5.41, 5.74) is 1.07. The standard InChI is InChI=1S/C18H17F3N2O3/c1-25-15-7-3-2-5-13(15)8-9-16(24)23-11-14-6-4-10-22-17(14)26-12-18(19,20)21/h2-10H,11-12H2,1H3,(H,23,24)/b9-8+. The highest BCUT2D eigenvalue weighted by Crippen LogP contribution is 2.20. The molecule has 26 heavy (non-hydrogen) atoms. The number of pyridine rings is 1. The predicted molar refractivity (Wildman–Crippen MR) is 89.7 cm³/mol. The third-order valence-electron chi connectivity index (χ3n) is 3.23. The van der Waals surface area contributed by atoms with Crippen LogP contribution in [0.25, 0.3) is 6.08 Å². The molecule has 0 spiro atoms. The average molecular weight is 366 g/mol. The number of carbonyl (C=O) groups excluding carboxylic acids is 1. The molecule has 0 aliphatic carbocycles. The summed E-state index contributed by atoms with van der Waals surface area (Å²) in [6.45, 7) is -1.46. The smallest absolute Gasteiger partial charge is 0.422 e.